The lowest BCUT2D eigenvalue weighted by molar-refractivity contribution is -0.0236. The molecule has 0 saturated heterocycles. The van der Waals surface area contributed by atoms with Gasteiger partial charge in [0.05, 0.1) is 23.7 Å². The van der Waals surface area contributed by atoms with Gasteiger partial charge in [-0.15, -0.1) is 5.10 Å². The maximum absolute atomic E-state index is 9.92. The van der Waals surface area contributed by atoms with E-state index in [2.05, 4.69) is 25.4 Å². The average Bonchev–Trinajstić information content (AvgIpc) is 3.09. The monoisotopic (exact) mass is 376 g/mol. The highest BCUT2D eigenvalue weighted by molar-refractivity contribution is 5.89. The minimum atomic E-state index is -0.606. The lowest BCUT2D eigenvalue weighted by Gasteiger charge is -2.41. The Morgan fingerprint density at radius 3 is 2.71 bits per heavy atom. The Kier molecular flexibility index (Phi) is 3.70. The second kappa shape index (κ2) is 6.13. The lowest BCUT2D eigenvalue weighted by Crippen LogP contribution is -2.48. The molecule has 0 aliphatic heterocycles. The van der Waals surface area contributed by atoms with E-state index < -0.39 is 5.60 Å². The van der Waals surface area contributed by atoms with Crippen LogP contribution in [-0.2, 0) is 0 Å². The molecule has 2 N–H and O–H groups in total. The number of hydrogen-bond donors (Lipinski definition) is 2. The van der Waals surface area contributed by atoms with Crippen LogP contribution in [-0.4, -0.2) is 48.4 Å². The molecule has 142 valence electrons. The summed E-state index contributed by atoms with van der Waals surface area (Å²) >= 11 is 0. The van der Waals surface area contributed by atoms with Crippen LogP contribution in [0.3, 0.4) is 0 Å². The van der Waals surface area contributed by atoms with Crippen molar-refractivity contribution in [2.24, 2.45) is 0 Å². The smallest absolute Gasteiger partial charge is 0.244 e. The van der Waals surface area contributed by atoms with Crippen LogP contribution in [0.1, 0.15) is 19.8 Å². The molecule has 1 aliphatic carbocycles. The largest absolute Gasteiger partial charge is 0.479 e. The van der Waals surface area contributed by atoms with Crippen molar-refractivity contribution in [2.75, 3.05) is 12.4 Å². The van der Waals surface area contributed by atoms with Gasteiger partial charge in [-0.1, -0.05) is 6.07 Å². The van der Waals surface area contributed by atoms with Crippen molar-refractivity contribution >= 4 is 22.5 Å². The molecule has 5 rings (SSSR count). The number of nitrogens with one attached hydrogen (secondary N) is 1. The first-order chi connectivity index (χ1) is 13.5. The van der Waals surface area contributed by atoms with Gasteiger partial charge in [0, 0.05) is 30.2 Å². The fraction of sp³-hybridized carbons (Fsp3) is 0.300. The van der Waals surface area contributed by atoms with Crippen molar-refractivity contribution in [1.29, 1.82) is 0 Å². The topological polar surface area (TPSA) is 97.5 Å². The highest BCUT2D eigenvalue weighted by Gasteiger charge is 2.38. The number of fused-ring (bicyclic) bond motifs is 2. The van der Waals surface area contributed by atoms with Crippen LogP contribution < -0.4 is 10.1 Å². The van der Waals surface area contributed by atoms with E-state index in [4.69, 9.17) is 4.74 Å². The van der Waals surface area contributed by atoms with Crippen LogP contribution in [0.25, 0.3) is 27.7 Å². The lowest BCUT2D eigenvalue weighted by atomic mass is 9.77. The van der Waals surface area contributed by atoms with Gasteiger partial charge >= 0.3 is 0 Å². The Balaban J connectivity index is 1.55. The first kappa shape index (κ1) is 16.9. The zero-order chi connectivity index (χ0) is 19.3. The predicted octanol–water partition coefficient (Wildman–Crippen LogP) is 2.67. The Labute approximate surface area is 161 Å². The van der Waals surface area contributed by atoms with E-state index in [9.17, 15) is 5.11 Å². The highest BCUT2D eigenvalue weighted by Crippen LogP contribution is 2.35. The van der Waals surface area contributed by atoms with E-state index in [0.29, 0.717) is 24.7 Å². The summed E-state index contributed by atoms with van der Waals surface area (Å²) in [4.78, 5) is 13.2. The van der Waals surface area contributed by atoms with E-state index >= 15 is 0 Å². The second-order valence-electron chi connectivity index (χ2n) is 7.47. The number of aromatic nitrogens is 5. The molecule has 3 heterocycles. The number of benzene rings is 1. The molecule has 0 unspecified atom stereocenters. The van der Waals surface area contributed by atoms with Crippen LogP contribution in [0.15, 0.2) is 42.9 Å². The van der Waals surface area contributed by atoms with Crippen molar-refractivity contribution in [3.63, 3.8) is 0 Å². The molecular formula is C20H20N6O2. The number of anilines is 1. The molecule has 0 amide bonds. The number of hydrogen-bond acceptors (Lipinski definition) is 7. The molecule has 1 fully saturated rings. The third-order valence-electron chi connectivity index (χ3n) is 5.16. The van der Waals surface area contributed by atoms with Gasteiger partial charge in [0.2, 0.25) is 11.8 Å². The van der Waals surface area contributed by atoms with Crippen LogP contribution >= 0.6 is 0 Å². The Bertz CT molecular complexity index is 1180. The number of aliphatic hydroxyl groups is 1. The zero-order valence-corrected chi connectivity index (χ0v) is 15.6. The van der Waals surface area contributed by atoms with Crippen molar-refractivity contribution in [1.82, 2.24) is 24.6 Å². The summed E-state index contributed by atoms with van der Waals surface area (Å²) in [7, 11) is 1.60. The van der Waals surface area contributed by atoms with Gasteiger partial charge < -0.3 is 15.2 Å². The Hall–Kier alpha value is -3.26. The van der Waals surface area contributed by atoms with Gasteiger partial charge in [-0.25, -0.2) is 4.52 Å². The van der Waals surface area contributed by atoms with E-state index in [-0.39, 0.29) is 6.04 Å². The quantitative estimate of drug-likeness (QED) is 0.565. The number of nitrogens with zero attached hydrogens (tertiary/aromatic N) is 5. The molecule has 3 aromatic heterocycles. The molecular weight excluding hydrogens is 356 g/mol. The summed E-state index contributed by atoms with van der Waals surface area (Å²) in [6.45, 7) is 1.84. The van der Waals surface area contributed by atoms with Crippen molar-refractivity contribution in [3.05, 3.63) is 42.9 Å². The van der Waals surface area contributed by atoms with Crippen molar-refractivity contribution in [2.45, 2.75) is 31.4 Å². The number of rotatable bonds is 4. The summed E-state index contributed by atoms with van der Waals surface area (Å²) < 4.78 is 7.33. The molecule has 8 heteroatoms. The van der Waals surface area contributed by atoms with Crippen LogP contribution in [0.5, 0.6) is 5.88 Å². The fourth-order valence-corrected chi connectivity index (χ4v) is 3.85. The molecule has 0 atom stereocenters. The highest BCUT2D eigenvalue weighted by atomic mass is 16.5. The van der Waals surface area contributed by atoms with Gasteiger partial charge in [0.1, 0.15) is 5.52 Å². The zero-order valence-electron chi connectivity index (χ0n) is 15.6. The molecule has 28 heavy (non-hydrogen) atoms. The number of methoxy groups -OCH3 is 1. The Morgan fingerprint density at radius 2 is 1.96 bits per heavy atom. The molecule has 8 nitrogen and oxygen atoms in total. The maximum atomic E-state index is 9.92. The first-order valence-electron chi connectivity index (χ1n) is 9.16. The third kappa shape index (κ3) is 2.82. The molecule has 1 aliphatic rings. The SMILES string of the molecule is COc1nc(NC2CC(C)(O)C2)nn2ccc(-c3ccc4nccnc4c3)c12. The summed E-state index contributed by atoms with van der Waals surface area (Å²) in [5, 5.41) is 17.8. The normalized spacial score (nSPS) is 21.6. The van der Waals surface area contributed by atoms with Gasteiger partial charge in [-0.05, 0) is 43.5 Å². The molecule has 4 aromatic rings. The molecule has 0 radical (unpaired) electrons. The van der Waals surface area contributed by atoms with Crippen molar-refractivity contribution in [3.8, 4) is 17.0 Å². The Morgan fingerprint density at radius 1 is 1.18 bits per heavy atom. The predicted molar refractivity (Wildman–Crippen MR) is 105 cm³/mol. The van der Waals surface area contributed by atoms with E-state index in [1.165, 1.54) is 0 Å². The fourth-order valence-electron chi connectivity index (χ4n) is 3.85. The minimum absolute atomic E-state index is 0.159. The second-order valence-corrected chi connectivity index (χ2v) is 7.47. The summed E-state index contributed by atoms with van der Waals surface area (Å²) in [5.41, 5.74) is 3.81. The van der Waals surface area contributed by atoms with Gasteiger partial charge in [0.15, 0.2) is 0 Å². The first-order valence-corrected chi connectivity index (χ1v) is 9.16. The summed E-state index contributed by atoms with van der Waals surface area (Å²) in [5.74, 6) is 0.971. The standard InChI is InChI=1S/C20H20N6O2/c1-20(27)10-13(11-20)23-19-24-18(28-2)17-14(5-8-26(17)25-19)12-3-4-15-16(9-12)22-7-6-21-15/h3-9,13,27H,10-11H2,1-2H3,(H,23,25). The third-order valence-corrected chi connectivity index (χ3v) is 5.16. The minimum Gasteiger partial charge on any atom is -0.479 e. The van der Waals surface area contributed by atoms with Crippen LogP contribution in [0.2, 0.25) is 0 Å². The molecule has 1 saturated carbocycles. The summed E-state index contributed by atoms with van der Waals surface area (Å²) in [6.07, 6.45) is 6.60. The van der Waals surface area contributed by atoms with Crippen LogP contribution in [0, 0.1) is 0 Å². The molecule has 0 spiro atoms. The maximum Gasteiger partial charge on any atom is 0.244 e. The molecule has 1 aromatic carbocycles. The van der Waals surface area contributed by atoms with Gasteiger partial charge in [0.25, 0.3) is 0 Å². The van der Waals surface area contributed by atoms with E-state index in [1.54, 1.807) is 24.0 Å². The van der Waals surface area contributed by atoms with E-state index in [1.807, 2.05) is 37.4 Å². The van der Waals surface area contributed by atoms with Gasteiger partial charge in [-0.2, -0.15) is 4.98 Å². The summed E-state index contributed by atoms with van der Waals surface area (Å²) in [6, 6.07) is 8.11. The van der Waals surface area contributed by atoms with Crippen LogP contribution in [0.4, 0.5) is 5.95 Å². The van der Waals surface area contributed by atoms with Gasteiger partial charge in [-0.3, -0.25) is 9.97 Å². The number of ether oxygens (including phenoxy) is 1. The van der Waals surface area contributed by atoms with E-state index in [0.717, 1.165) is 27.7 Å². The van der Waals surface area contributed by atoms with Crippen molar-refractivity contribution < 1.29 is 9.84 Å². The molecule has 0 bridgehead atoms. The average molecular weight is 376 g/mol.